The van der Waals surface area contributed by atoms with E-state index in [0.717, 1.165) is 56.3 Å². The highest BCUT2D eigenvalue weighted by atomic mass is 32.1. The number of aromatic nitrogens is 1. The Morgan fingerprint density at radius 3 is 2.65 bits per heavy atom. The Hall–Kier alpha value is -1.63. The zero-order valence-electron chi connectivity index (χ0n) is 14.0. The lowest BCUT2D eigenvalue weighted by atomic mass is 9.85. The number of hydrogen-bond acceptors (Lipinski definition) is 4. The molecule has 1 aromatic rings. The van der Waals surface area contributed by atoms with Crippen molar-refractivity contribution in [1.29, 1.82) is 0 Å². The minimum absolute atomic E-state index is 0.220. The van der Waals surface area contributed by atoms with Crippen LogP contribution in [0.4, 0.5) is 0 Å². The molecule has 0 unspecified atom stereocenters. The fraction of sp³-hybridized carbons (Fsp3) is 0.688. The molecule has 0 bridgehead atoms. The van der Waals surface area contributed by atoms with Crippen LogP contribution >= 0.6 is 11.3 Å². The van der Waals surface area contributed by atoms with Crippen LogP contribution in [0.15, 0.2) is 11.2 Å². The molecule has 1 aliphatic carbocycles. The SMILES string of the molecule is CN=C(NCCCNC(=O)C1CCC1)NCCc1ncc(C)s1. The van der Waals surface area contributed by atoms with E-state index < -0.39 is 0 Å². The van der Waals surface area contributed by atoms with Gasteiger partial charge in [-0.05, 0) is 26.2 Å². The normalized spacial score (nSPS) is 15.1. The van der Waals surface area contributed by atoms with Gasteiger partial charge in [0.25, 0.3) is 0 Å². The van der Waals surface area contributed by atoms with E-state index in [4.69, 9.17) is 0 Å². The van der Waals surface area contributed by atoms with E-state index in [2.05, 4.69) is 32.9 Å². The number of rotatable bonds is 8. The third-order valence-electron chi connectivity index (χ3n) is 3.95. The van der Waals surface area contributed by atoms with Crippen molar-refractivity contribution in [1.82, 2.24) is 20.9 Å². The highest BCUT2D eigenvalue weighted by Crippen LogP contribution is 2.25. The molecule has 3 N–H and O–H groups in total. The van der Waals surface area contributed by atoms with Gasteiger partial charge in [0.15, 0.2) is 5.96 Å². The van der Waals surface area contributed by atoms with Crippen LogP contribution in [-0.4, -0.2) is 43.5 Å². The van der Waals surface area contributed by atoms with Gasteiger partial charge in [-0.25, -0.2) is 4.98 Å². The Bertz CT molecular complexity index is 524. The minimum atomic E-state index is 0.220. The number of nitrogens with zero attached hydrogens (tertiary/aromatic N) is 2. The van der Waals surface area contributed by atoms with Gasteiger partial charge < -0.3 is 16.0 Å². The van der Waals surface area contributed by atoms with Gasteiger partial charge in [-0.15, -0.1) is 11.3 Å². The summed E-state index contributed by atoms with van der Waals surface area (Å²) in [6.45, 7) is 4.39. The summed E-state index contributed by atoms with van der Waals surface area (Å²) in [4.78, 5) is 21.5. The summed E-state index contributed by atoms with van der Waals surface area (Å²) in [5.74, 6) is 1.29. The summed E-state index contributed by atoms with van der Waals surface area (Å²) in [6, 6.07) is 0. The maximum atomic E-state index is 11.7. The maximum absolute atomic E-state index is 11.7. The fourth-order valence-electron chi connectivity index (χ4n) is 2.35. The number of hydrogen-bond donors (Lipinski definition) is 3. The van der Waals surface area contributed by atoms with E-state index in [0.29, 0.717) is 0 Å². The molecule has 0 atom stereocenters. The quantitative estimate of drug-likeness (QED) is 0.381. The van der Waals surface area contributed by atoms with Crippen molar-refractivity contribution in [3.05, 3.63) is 16.1 Å². The summed E-state index contributed by atoms with van der Waals surface area (Å²) in [7, 11) is 1.77. The predicted octanol–water partition coefficient (Wildman–Crippen LogP) is 1.47. The van der Waals surface area contributed by atoms with Crippen molar-refractivity contribution in [2.24, 2.45) is 10.9 Å². The lowest BCUT2D eigenvalue weighted by Crippen LogP contribution is -2.40. The zero-order chi connectivity index (χ0) is 16.5. The average molecular weight is 337 g/mol. The van der Waals surface area contributed by atoms with Gasteiger partial charge in [-0.3, -0.25) is 9.79 Å². The maximum Gasteiger partial charge on any atom is 0.223 e. The number of aryl methyl sites for hydroxylation is 1. The molecule has 1 amide bonds. The second-order valence-electron chi connectivity index (χ2n) is 5.81. The van der Waals surface area contributed by atoms with Crippen LogP contribution in [0.2, 0.25) is 0 Å². The molecule has 6 nitrogen and oxygen atoms in total. The van der Waals surface area contributed by atoms with Gasteiger partial charge in [0.05, 0.1) is 5.01 Å². The van der Waals surface area contributed by atoms with E-state index in [9.17, 15) is 4.79 Å². The molecular weight excluding hydrogens is 310 g/mol. The van der Waals surface area contributed by atoms with E-state index in [1.807, 2.05) is 6.20 Å². The van der Waals surface area contributed by atoms with Gasteiger partial charge in [0.1, 0.15) is 0 Å². The summed E-state index contributed by atoms with van der Waals surface area (Å²) in [6.07, 6.45) is 7.01. The number of thiazole rings is 1. The summed E-state index contributed by atoms with van der Waals surface area (Å²) >= 11 is 1.73. The van der Waals surface area contributed by atoms with Gasteiger partial charge in [-0.1, -0.05) is 6.42 Å². The molecule has 1 heterocycles. The van der Waals surface area contributed by atoms with Gasteiger partial charge in [0, 0.05) is 50.1 Å². The van der Waals surface area contributed by atoms with Crippen molar-refractivity contribution in [3.8, 4) is 0 Å². The summed E-state index contributed by atoms with van der Waals surface area (Å²) in [5, 5.41) is 10.7. The largest absolute Gasteiger partial charge is 0.356 e. The smallest absolute Gasteiger partial charge is 0.223 e. The Labute approximate surface area is 142 Å². The van der Waals surface area contributed by atoms with Gasteiger partial charge in [0.2, 0.25) is 5.91 Å². The second kappa shape index (κ2) is 9.50. The second-order valence-corrected chi connectivity index (χ2v) is 7.13. The Balaban J connectivity index is 1.51. The molecule has 7 heteroatoms. The molecule has 0 aromatic carbocycles. The van der Waals surface area contributed by atoms with Crippen molar-refractivity contribution in [2.45, 2.75) is 39.0 Å². The first kappa shape index (κ1) is 17.7. The number of carbonyl (C=O) groups is 1. The molecule has 128 valence electrons. The minimum Gasteiger partial charge on any atom is -0.356 e. The van der Waals surface area contributed by atoms with Gasteiger partial charge >= 0.3 is 0 Å². The Morgan fingerprint density at radius 2 is 2.04 bits per heavy atom. The summed E-state index contributed by atoms with van der Waals surface area (Å²) < 4.78 is 0. The average Bonchev–Trinajstić information content (AvgIpc) is 2.88. The Kier molecular flexibility index (Phi) is 7.32. The first-order chi connectivity index (χ1) is 11.2. The highest BCUT2D eigenvalue weighted by Gasteiger charge is 2.24. The topological polar surface area (TPSA) is 78.4 Å². The number of aliphatic imine (C=N–C) groups is 1. The van der Waals surface area contributed by atoms with Crippen molar-refractivity contribution in [3.63, 3.8) is 0 Å². The van der Waals surface area contributed by atoms with E-state index in [1.54, 1.807) is 18.4 Å². The fourth-order valence-corrected chi connectivity index (χ4v) is 3.13. The molecule has 0 saturated heterocycles. The van der Waals surface area contributed by atoms with Crippen LogP contribution in [0.5, 0.6) is 0 Å². The molecule has 1 aliphatic rings. The number of carbonyl (C=O) groups excluding carboxylic acids is 1. The first-order valence-corrected chi connectivity index (χ1v) is 9.14. The molecule has 1 aromatic heterocycles. The van der Waals surface area contributed by atoms with Crippen molar-refractivity contribution >= 4 is 23.2 Å². The summed E-state index contributed by atoms with van der Waals surface area (Å²) in [5.41, 5.74) is 0. The third-order valence-corrected chi connectivity index (χ3v) is 4.92. The van der Waals surface area contributed by atoms with Crippen molar-refractivity contribution in [2.75, 3.05) is 26.7 Å². The van der Waals surface area contributed by atoms with Crippen LogP contribution < -0.4 is 16.0 Å². The lowest BCUT2D eigenvalue weighted by molar-refractivity contribution is -0.127. The molecule has 1 saturated carbocycles. The third kappa shape index (κ3) is 6.17. The van der Waals surface area contributed by atoms with E-state index in [-0.39, 0.29) is 11.8 Å². The van der Waals surface area contributed by atoms with Gasteiger partial charge in [-0.2, -0.15) is 0 Å². The van der Waals surface area contributed by atoms with Crippen LogP contribution in [-0.2, 0) is 11.2 Å². The van der Waals surface area contributed by atoms with Crippen LogP contribution in [0.25, 0.3) is 0 Å². The van der Waals surface area contributed by atoms with E-state index >= 15 is 0 Å². The lowest BCUT2D eigenvalue weighted by Gasteiger charge is -2.24. The number of amides is 1. The standard InChI is InChI=1S/C16H27N5OS/c1-12-11-21-14(23-12)7-10-20-16(17-2)19-9-4-8-18-15(22)13-5-3-6-13/h11,13H,3-10H2,1-2H3,(H,18,22)(H2,17,19,20). The molecular formula is C16H27N5OS. The Morgan fingerprint density at radius 1 is 1.30 bits per heavy atom. The monoisotopic (exact) mass is 337 g/mol. The zero-order valence-corrected chi connectivity index (χ0v) is 14.8. The molecule has 23 heavy (non-hydrogen) atoms. The van der Waals surface area contributed by atoms with E-state index in [1.165, 1.54) is 11.3 Å². The first-order valence-electron chi connectivity index (χ1n) is 8.32. The molecule has 1 fully saturated rings. The molecule has 0 aliphatic heterocycles. The molecule has 2 rings (SSSR count). The highest BCUT2D eigenvalue weighted by molar-refractivity contribution is 7.11. The number of guanidine groups is 1. The van der Waals surface area contributed by atoms with Crippen LogP contribution in [0.3, 0.4) is 0 Å². The molecule has 0 radical (unpaired) electrons. The molecule has 0 spiro atoms. The van der Waals surface area contributed by atoms with Crippen LogP contribution in [0.1, 0.15) is 35.6 Å². The predicted molar refractivity (Wildman–Crippen MR) is 94.9 cm³/mol. The van der Waals surface area contributed by atoms with Crippen molar-refractivity contribution < 1.29 is 4.79 Å². The van der Waals surface area contributed by atoms with Crippen LogP contribution in [0, 0.1) is 12.8 Å². The number of nitrogens with one attached hydrogen (secondary N) is 3.